The summed E-state index contributed by atoms with van der Waals surface area (Å²) in [5.74, 6) is 0.593. The lowest BCUT2D eigenvalue weighted by atomic mass is 10.3. The number of hydrogen-bond acceptors (Lipinski definition) is 6. The van der Waals surface area contributed by atoms with Crippen molar-refractivity contribution in [2.75, 3.05) is 20.3 Å². The fourth-order valence-corrected chi connectivity index (χ4v) is 1.69. The van der Waals surface area contributed by atoms with Crippen LogP contribution in [-0.4, -0.2) is 37.3 Å². The van der Waals surface area contributed by atoms with Crippen LogP contribution in [0.1, 0.15) is 10.4 Å². The number of aromatic nitrogens is 1. The zero-order chi connectivity index (χ0) is 16.5. The van der Waals surface area contributed by atoms with Crippen LogP contribution in [0.3, 0.4) is 0 Å². The van der Waals surface area contributed by atoms with Crippen molar-refractivity contribution in [3.63, 3.8) is 0 Å². The second kappa shape index (κ2) is 10.1. The summed E-state index contributed by atoms with van der Waals surface area (Å²) in [6, 6.07) is 9.89. The summed E-state index contributed by atoms with van der Waals surface area (Å²) < 4.78 is 14.9. The number of ether oxygens (including phenoxy) is 3. The van der Waals surface area contributed by atoms with Gasteiger partial charge in [-0.15, -0.1) is 12.4 Å². The smallest absolute Gasteiger partial charge is 0.497 e. The van der Waals surface area contributed by atoms with Crippen LogP contribution in [0.2, 0.25) is 0 Å². The molecule has 0 spiro atoms. The van der Waals surface area contributed by atoms with Gasteiger partial charge in [-0.05, 0) is 24.3 Å². The molecule has 0 bridgehead atoms. The molecule has 0 radical (unpaired) electrons. The minimum Gasteiger partial charge on any atom is -0.497 e. The first-order valence-corrected chi connectivity index (χ1v) is 6.86. The molecule has 0 saturated carbocycles. The van der Waals surface area contributed by atoms with Crippen LogP contribution in [0.4, 0.5) is 4.79 Å². The minimum atomic E-state index is -0.853. The van der Waals surface area contributed by atoms with Crippen LogP contribution >= 0.6 is 12.4 Å². The van der Waals surface area contributed by atoms with Gasteiger partial charge in [0.15, 0.2) is 0 Å². The Kier molecular flexibility index (Phi) is 8.07. The molecule has 1 heterocycles. The van der Waals surface area contributed by atoms with Crippen LogP contribution in [0.15, 0.2) is 48.8 Å². The molecule has 0 fully saturated rings. The fourth-order valence-electron chi connectivity index (χ4n) is 1.69. The molecule has 0 saturated heterocycles. The van der Waals surface area contributed by atoms with Gasteiger partial charge in [-0.25, -0.2) is 4.79 Å². The number of amides is 1. The number of benzene rings is 1. The van der Waals surface area contributed by atoms with E-state index in [0.717, 1.165) is 0 Å². The molecule has 1 aromatic carbocycles. The number of halogens is 1. The molecule has 1 N–H and O–H groups in total. The molecule has 7 nitrogen and oxygen atoms in total. The third kappa shape index (κ3) is 6.13. The molecule has 2 aromatic rings. The van der Waals surface area contributed by atoms with E-state index in [1.54, 1.807) is 42.6 Å². The highest BCUT2D eigenvalue weighted by molar-refractivity contribution is 5.93. The average Bonchev–Trinajstić information content (AvgIpc) is 2.59. The maximum Gasteiger partial charge on any atom is 0.513 e. The Balaban J connectivity index is 0.00000288. The van der Waals surface area contributed by atoms with Crippen molar-refractivity contribution in [2.45, 2.75) is 0 Å². The van der Waals surface area contributed by atoms with Gasteiger partial charge in [0.25, 0.3) is 5.91 Å². The summed E-state index contributed by atoms with van der Waals surface area (Å²) >= 11 is 0. The van der Waals surface area contributed by atoms with Gasteiger partial charge in [-0.3, -0.25) is 9.78 Å². The van der Waals surface area contributed by atoms with E-state index in [-0.39, 0.29) is 31.5 Å². The fraction of sp³-hybridized carbons (Fsp3) is 0.188. The monoisotopic (exact) mass is 352 g/mol. The third-order valence-electron chi connectivity index (χ3n) is 2.77. The Labute approximate surface area is 145 Å². The first-order valence-electron chi connectivity index (χ1n) is 6.86. The highest BCUT2D eigenvalue weighted by Crippen LogP contribution is 2.19. The zero-order valence-electron chi connectivity index (χ0n) is 12.9. The minimum absolute atomic E-state index is 0. The molecule has 0 aliphatic heterocycles. The average molecular weight is 353 g/mol. The second-order valence-electron chi connectivity index (χ2n) is 4.38. The maximum atomic E-state index is 11.7. The van der Waals surface area contributed by atoms with Crippen LogP contribution < -0.4 is 14.8 Å². The number of methoxy groups -OCH3 is 1. The van der Waals surface area contributed by atoms with Gasteiger partial charge >= 0.3 is 6.16 Å². The van der Waals surface area contributed by atoms with Crippen molar-refractivity contribution in [2.24, 2.45) is 0 Å². The van der Waals surface area contributed by atoms with Crippen LogP contribution in [-0.2, 0) is 4.74 Å². The molecule has 2 rings (SSSR count). The SMILES string of the molecule is COc1cccc(OC(=O)OCCNC(=O)c2cccnc2)c1.Cl. The summed E-state index contributed by atoms with van der Waals surface area (Å²) in [5.41, 5.74) is 0.437. The normalized spacial score (nSPS) is 9.38. The molecule has 1 aromatic heterocycles. The van der Waals surface area contributed by atoms with Gasteiger partial charge in [-0.1, -0.05) is 6.07 Å². The number of hydrogen-bond donors (Lipinski definition) is 1. The zero-order valence-corrected chi connectivity index (χ0v) is 13.7. The summed E-state index contributed by atoms with van der Waals surface area (Å²) in [7, 11) is 1.52. The predicted molar refractivity (Wildman–Crippen MR) is 88.8 cm³/mol. The van der Waals surface area contributed by atoms with Crippen molar-refractivity contribution in [1.29, 1.82) is 0 Å². The lowest BCUT2D eigenvalue weighted by Gasteiger charge is -2.08. The highest BCUT2D eigenvalue weighted by Gasteiger charge is 2.08. The summed E-state index contributed by atoms with van der Waals surface area (Å²) in [6.07, 6.45) is 2.18. The molecule has 0 aliphatic carbocycles. The summed E-state index contributed by atoms with van der Waals surface area (Å²) in [5, 5.41) is 2.60. The van der Waals surface area contributed by atoms with Gasteiger partial charge in [0.2, 0.25) is 0 Å². The second-order valence-corrected chi connectivity index (χ2v) is 4.38. The Morgan fingerprint density at radius 1 is 1.17 bits per heavy atom. The number of carbonyl (C=O) groups is 2. The summed E-state index contributed by atoms with van der Waals surface area (Å²) in [6.45, 7) is 0.162. The Morgan fingerprint density at radius 2 is 1.96 bits per heavy atom. The number of carbonyl (C=O) groups excluding carboxylic acids is 2. The molecule has 24 heavy (non-hydrogen) atoms. The van der Waals surface area contributed by atoms with Crippen LogP contribution in [0.25, 0.3) is 0 Å². The molecule has 0 aliphatic rings. The van der Waals surface area contributed by atoms with Gasteiger partial charge < -0.3 is 19.5 Å². The van der Waals surface area contributed by atoms with E-state index < -0.39 is 6.16 Å². The lowest BCUT2D eigenvalue weighted by Crippen LogP contribution is -2.28. The van der Waals surface area contributed by atoms with E-state index in [2.05, 4.69) is 10.3 Å². The number of nitrogens with zero attached hydrogens (tertiary/aromatic N) is 1. The lowest BCUT2D eigenvalue weighted by molar-refractivity contribution is 0.0878. The van der Waals surface area contributed by atoms with E-state index in [4.69, 9.17) is 14.2 Å². The predicted octanol–water partition coefficient (Wildman–Crippen LogP) is 2.46. The third-order valence-corrected chi connectivity index (χ3v) is 2.77. The Bertz CT molecular complexity index is 667. The number of rotatable bonds is 6. The van der Waals surface area contributed by atoms with Gasteiger partial charge in [0, 0.05) is 18.5 Å². The topological polar surface area (TPSA) is 86.8 Å². The first kappa shape index (κ1) is 19.2. The van der Waals surface area contributed by atoms with E-state index in [1.807, 2.05) is 0 Å². The highest BCUT2D eigenvalue weighted by atomic mass is 35.5. The van der Waals surface area contributed by atoms with E-state index in [0.29, 0.717) is 17.1 Å². The van der Waals surface area contributed by atoms with Crippen molar-refractivity contribution in [3.8, 4) is 11.5 Å². The van der Waals surface area contributed by atoms with E-state index >= 15 is 0 Å². The van der Waals surface area contributed by atoms with Gasteiger partial charge in [0.05, 0.1) is 19.2 Å². The Morgan fingerprint density at radius 3 is 2.67 bits per heavy atom. The standard InChI is InChI=1S/C16H16N2O5.ClH/c1-21-13-5-2-6-14(10-13)23-16(20)22-9-8-18-15(19)12-4-3-7-17-11-12;/h2-7,10-11H,8-9H2,1H3,(H,18,19);1H. The molecule has 0 unspecified atom stereocenters. The molecule has 1 amide bonds. The maximum absolute atomic E-state index is 11.7. The number of pyridine rings is 1. The Hall–Kier alpha value is -2.80. The van der Waals surface area contributed by atoms with Crippen molar-refractivity contribution in [3.05, 3.63) is 54.4 Å². The van der Waals surface area contributed by atoms with Crippen LogP contribution in [0.5, 0.6) is 11.5 Å². The van der Waals surface area contributed by atoms with E-state index in [9.17, 15) is 9.59 Å². The van der Waals surface area contributed by atoms with Gasteiger partial charge in [-0.2, -0.15) is 0 Å². The largest absolute Gasteiger partial charge is 0.513 e. The van der Waals surface area contributed by atoms with Crippen molar-refractivity contribution >= 4 is 24.5 Å². The molecular formula is C16H17ClN2O5. The number of nitrogens with one attached hydrogen (secondary N) is 1. The quantitative estimate of drug-likeness (QED) is 0.488. The summed E-state index contributed by atoms with van der Waals surface area (Å²) in [4.78, 5) is 27.1. The van der Waals surface area contributed by atoms with Crippen molar-refractivity contribution < 1.29 is 23.8 Å². The van der Waals surface area contributed by atoms with Crippen molar-refractivity contribution in [1.82, 2.24) is 10.3 Å². The first-order chi connectivity index (χ1) is 11.2. The van der Waals surface area contributed by atoms with Crippen LogP contribution in [0, 0.1) is 0 Å². The molecular weight excluding hydrogens is 336 g/mol. The van der Waals surface area contributed by atoms with Gasteiger partial charge in [0.1, 0.15) is 18.1 Å². The molecule has 8 heteroatoms. The molecule has 128 valence electrons. The molecule has 0 atom stereocenters. The van der Waals surface area contributed by atoms with E-state index in [1.165, 1.54) is 13.3 Å².